The zero-order chi connectivity index (χ0) is 26.0. The van der Waals surface area contributed by atoms with E-state index in [9.17, 15) is 29.1 Å². The minimum atomic E-state index is -1.58. The summed E-state index contributed by atoms with van der Waals surface area (Å²) in [6, 6.07) is 1.08. The highest BCUT2D eigenvalue weighted by Gasteiger charge is 2.30. The molecule has 4 atom stereocenters. The number of rotatable bonds is 13. The Balaban J connectivity index is 3.03. The Morgan fingerprint density at radius 2 is 1.41 bits per heavy atom. The third-order valence-corrected chi connectivity index (χ3v) is 5.23. The van der Waals surface area contributed by atoms with E-state index in [1.54, 1.807) is 26.0 Å². The van der Waals surface area contributed by atoms with Gasteiger partial charge in [0.15, 0.2) is 0 Å². The van der Waals surface area contributed by atoms with Crippen molar-refractivity contribution in [2.24, 2.45) is 17.4 Å². The molecule has 0 fully saturated rings. The summed E-state index contributed by atoms with van der Waals surface area (Å²) in [6.45, 7) is 3.48. The molecule has 1 aromatic rings. The van der Waals surface area contributed by atoms with E-state index in [-0.39, 0.29) is 23.8 Å². The Bertz CT molecular complexity index is 894. The van der Waals surface area contributed by atoms with Gasteiger partial charge in [-0.1, -0.05) is 26.0 Å². The van der Waals surface area contributed by atoms with E-state index < -0.39 is 60.2 Å². The average Bonchev–Trinajstić information content (AvgIpc) is 2.76. The second-order valence-corrected chi connectivity index (χ2v) is 8.38. The minimum absolute atomic E-state index is 0.0169. The number of aromatic hydroxyl groups is 1. The van der Waals surface area contributed by atoms with Crippen LogP contribution in [0.1, 0.15) is 25.8 Å². The van der Waals surface area contributed by atoms with Crippen LogP contribution >= 0.6 is 12.6 Å². The van der Waals surface area contributed by atoms with E-state index in [1.165, 1.54) is 12.1 Å². The molecule has 4 amide bonds. The van der Waals surface area contributed by atoms with Gasteiger partial charge in [0.1, 0.15) is 23.9 Å². The number of carbonyl (C=O) groups excluding carboxylic acids is 4. The Morgan fingerprint density at radius 3 is 1.88 bits per heavy atom. The van der Waals surface area contributed by atoms with Crippen LogP contribution in [-0.4, -0.2) is 69.7 Å². The number of nitrogens with one attached hydrogen (secondary N) is 3. The molecule has 0 heterocycles. The number of hydrogen-bond acceptors (Lipinski definition) is 8. The summed E-state index contributed by atoms with van der Waals surface area (Å²) in [4.78, 5) is 60.3. The highest BCUT2D eigenvalue weighted by atomic mass is 32.1. The fraction of sp³-hybridized carbons (Fsp3) is 0.476. The molecule has 12 nitrogen and oxygen atoms in total. The summed E-state index contributed by atoms with van der Waals surface area (Å²) < 4.78 is 0. The molecule has 13 heteroatoms. The topological polar surface area (TPSA) is 214 Å². The second-order valence-electron chi connectivity index (χ2n) is 8.02. The third-order valence-electron chi connectivity index (χ3n) is 4.87. The molecule has 0 saturated carbocycles. The van der Waals surface area contributed by atoms with Crippen molar-refractivity contribution in [1.29, 1.82) is 0 Å². The second kappa shape index (κ2) is 13.4. The van der Waals surface area contributed by atoms with Gasteiger partial charge in [-0.2, -0.15) is 12.6 Å². The molecular formula is C21H31N5O7S. The Hall–Kier alpha value is -3.32. The van der Waals surface area contributed by atoms with Crippen molar-refractivity contribution in [2.45, 2.75) is 50.9 Å². The standard InChI is InChI=1S/C21H31N5O7S/c1-10(2)17(23)20(31)24-13(7-11-3-5-12(27)6-4-11)18(29)26-15(9-34)19(30)25-14(21(32)33)8-16(22)28/h3-6,10,13-15,17,27,34H,7-9,23H2,1-2H3,(H2,22,28)(H,24,31)(H,25,30)(H,26,29)(H,32,33). The van der Waals surface area contributed by atoms with Gasteiger partial charge < -0.3 is 37.6 Å². The third kappa shape index (κ3) is 9.27. The van der Waals surface area contributed by atoms with Gasteiger partial charge >= 0.3 is 5.97 Å². The number of thiol groups is 1. The molecule has 0 bridgehead atoms. The fourth-order valence-corrected chi connectivity index (χ4v) is 3.04. The summed E-state index contributed by atoms with van der Waals surface area (Å²) in [7, 11) is 0. The number of phenolic OH excluding ortho intramolecular Hbond substituents is 1. The fourth-order valence-electron chi connectivity index (χ4n) is 2.79. The zero-order valence-corrected chi connectivity index (χ0v) is 19.7. The first-order valence-electron chi connectivity index (χ1n) is 10.4. The summed E-state index contributed by atoms with van der Waals surface area (Å²) in [5, 5.41) is 25.8. The van der Waals surface area contributed by atoms with Gasteiger partial charge in [0, 0.05) is 12.2 Å². The SMILES string of the molecule is CC(C)C(N)C(=O)NC(Cc1ccc(O)cc1)C(=O)NC(CS)C(=O)NC(CC(N)=O)C(=O)O. The number of nitrogens with two attached hydrogens (primary N) is 2. The normalized spacial score (nSPS) is 14.4. The van der Waals surface area contributed by atoms with Crippen LogP contribution in [0.5, 0.6) is 5.75 Å². The van der Waals surface area contributed by atoms with Crippen LogP contribution in [0.4, 0.5) is 0 Å². The highest BCUT2D eigenvalue weighted by Crippen LogP contribution is 2.12. The van der Waals surface area contributed by atoms with Gasteiger partial charge in [-0.15, -0.1) is 0 Å². The molecular weight excluding hydrogens is 466 g/mol. The maximum absolute atomic E-state index is 13.0. The maximum atomic E-state index is 13.0. The molecule has 0 saturated heterocycles. The molecule has 0 spiro atoms. The lowest BCUT2D eigenvalue weighted by atomic mass is 10.0. The van der Waals surface area contributed by atoms with Gasteiger partial charge in [0.05, 0.1) is 12.5 Å². The summed E-state index contributed by atoms with van der Waals surface area (Å²) in [5.74, 6) is -5.01. The number of phenols is 1. The lowest BCUT2D eigenvalue weighted by Gasteiger charge is -2.25. The molecule has 1 rings (SSSR count). The minimum Gasteiger partial charge on any atom is -0.508 e. The van der Waals surface area contributed by atoms with Crippen molar-refractivity contribution < 1.29 is 34.2 Å². The van der Waals surface area contributed by atoms with E-state index in [1.807, 2.05) is 0 Å². The Kier molecular flexibility index (Phi) is 11.3. The number of aliphatic carboxylic acids is 1. The van der Waals surface area contributed by atoms with Gasteiger partial charge in [-0.25, -0.2) is 4.79 Å². The van der Waals surface area contributed by atoms with Crippen molar-refractivity contribution in [3.05, 3.63) is 29.8 Å². The van der Waals surface area contributed by atoms with Crippen LogP contribution < -0.4 is 27.4 Å². The lowest BCUT2D eigenvalue weighted by Crippen LogP contribution is -2.58. The average molecular weight is 498 g/mol. The monoisotopic (exact) mass is 497 g/mol. The molecule has 0 aliphatic carbocycles. The summed E-state index contributed by atoms with van der Waals surface area (Å²) >= 11 is 4.03. The number of amides is 4. The van der Waals surface area contributed by atoms with Crippen molar-refractivity contribution in [1.82, 2.24) is 16.0 Å². The van der Waals surface area contributed by atoms with Crippen molar-refractivity contribution in [3.8, 4) is 5.75 Å². The van der Waals surface area contributed by atoms with Gasteiger partial charge in [0.25, 0.3) is 0 Å². The van der Waals surface area contributed by atoms with Crippen molar-refractivity contribution >= 4 is 42.2 Å². The van der Waals surface area contributed by atoms with Crippen LogP contribution in [0.2, 0.25) is 0 Å². The summed E-state index contributed by atoms with van der Waals surface area (Å²) in [6.07, 6.45) is -0.621. The molecule has 0 aliphatic heterocycles. The maximum Gasteiger partial charge on any atom is 0.326 e. The molecule has 34 heavy (non-hydrogen) atoms. The van der Waals surface area contributed by atoms with Gasteiger partial charge in [-0.3, -0.25) is 19.2 Å². The summed E-state index contributed by atoms with van der Waals surface area (Å²) in [5.41, 5.74) is 11.5. The van der Waals surface area contributed by atoms with E-state index in [4.69, 9.17) is 16.6 Å². The van der Waals surface area contributed by atoms with E-state index in [2.05, 4.69) is 28.6 Å². The van der Waals surface area contributed by atoms with Crippen molar-refractivity contribution in [2.75, 3.05) is 5.75 Å². The van der Waals surface area contributed by atoms with Crippen LogP contribution in [0, 0.1) is 5.92 Å². The molecule has 0 radical (unpaired) electrons. The number of carbonyl (C=O) groups is 5. The number of carboxylic acids is 1. The van der Waals surface area contributed by atoms with E-state index >= 15 is 0 Å². The smallest absolute Gasteiger partial charge is 0.326 e. The lowest BCUT2D eigenvalue weighted by molar-refractivity contribution is -0.143. The molecule has 0 aliphatic rings. The zero-order valence-electron chi connectivity index (χ0n) is 18.9. The van der Waals surface area contributed by atoms with Crippen LogP contribution in [-0.2, 0) is 30.4 Å². The predicted octanol–water partition coefficient (Wildman–Crippen LogP) is -1.74. The Labute approximate surface area is 202 Å². The molecule has 188 valence electrons. The van der Waals surface area contributed by atoms with E-state index in [0.717, 1.165) is 0 Å². The largest absolute Gasteiger partial charge is 0.508 e. The van der Waals surface area contributed by atoms with Crippen LogP contribution in [0.15, 0.2) is 24.3 Å². The van der Waals surface area contributed by atoms with Gasteiger partial charge in [0.2, 0.25) is 23.6 Å². The first-order valence-corrected chi connectivity index (χ1v) is 11.1. The number of benzene rings is 1. The first kappa shape index (κ1) is 28.7. The first-order chi connectivity index (χ1) is 15.8. The molecule has 1 aromatic carbocycles. The predicted molar refractivity (Wildman–Crippen MR) is 126 cm³/mol. The number of carboxylic acid groups (broad SMARTS) is 1. The number of primary amides is 1. The van der Waals surface area contributed by atoms with Gasteiger partial charge in [-0.05, 0) is 23.6 Å². The van der Waals surface area contributed by atoms with Crippen molar-refractivity contribution in [3.63, 3.8) is 0 Å². The van der Waals surface area contributed by atoms with E-state index in [0.29, 0.717) is 5.56 Å². The van der Waals surface area contributed by atoms with Crippen LogP contribution in [0.25, 0.3) is 0 Å². The molecule has 4 unspecified atom stereocenters. The quantitative estimate of drug-likeness (QED) is 0.146. The highest BCUT2D eigenvalue weighted by molar-refractivity contribution is 7.80. The molecule has 0 aromatic heterocycles. The molecule has 9 N–H and O–H groups in total. The van der Waals surface area contributed by atoms with Crippen LogP contribution in [0.3, 0.4) is 0 Å². The Morgan fingerprint density at radius 1 is 0.912 bits per heavy atom. The number of hydrogen-bond donors (Lipinski definition) is 8.